The summed E-state index contributed by atoms with van der Waals surface area (Å²) in [6.07, 6.45) is 17.3. The fraction of sp³-hybridized carbons (Fsp3) is 0.750. The van der Waals surface area contributed by atoms with Crippen molar-refractivity contribution in [1.82, 2.24) is 14.9 Å². The minimum Gasteiger partial charge on any atom is -0.463 e. The van der Waals surface area contributed by atoms with Crippen LogP contribution in [0.5, 0.6) is 6.01 Å². The van der Waals surface area contributed by atoms with E-state index in [0.29, 0.717) is 24.7 Å². The molecule has 0 spiro atoms. The van der Waals surface area contributed by atoms with Crippen molar-refractivity contribution in [3.8, 4) is 6.01 Å². The summed E-state index contributed by atoms with van der Waals surface area (Å²) >= 11 is 3.87. The van der Waals surface area contributed by atoms with Gasteiger partial charge < -0.3 is 14.4 Å². The number of halogens is 1. The lowest BCUT2D eigenvalue weighted by molar-refractivity contribution is 0.125. The first-order valence-electron chi connectivity index (χ1n) is 17.4. The van der Waals surface area contributed by atoms with E-state index in [-0.39, 0.29) is 11.5 Å². The third kappa shape index (κ3) is 8.52. The molecule has 0 amide bonds. The average molecular weight is 673 g/mol. The monoisotopic (exact) mass is 671 g/mol. The van der Waals surface area contributed by atoms with Gasteiger partial charge in [0.1, 0.15) is 5.82 Å². The molecule has 8 heteroatoms. The SMILES string of the molecule is C/C=C1\C(=NC(C)CC)C(Br)=Cc2nc(OCC(C)(CCCC)CCCCC)nc(N3C4CCC3CN(CCCOC)C4)c21. The largest absolute Gasteiger partial charge is 0.463 e. The van der Waals surface area contributed by atoms with Gasteiger partial charge in [0.15, 0.2) is 0 Å². The molecule has 1 aliphatic carbocycles. The number of rotatable bonds is 17. The lowest BCUT2D eigenvalue weighted by Crippen LogP contribution is -2.54. The van der Waals surface area contributed by atoms with Crippen molar-refractivity contribution in [2.45, 2.75) is 130 Å². The van der Waals surface area contributed by atoms with Crippen LogP contribution >= 0.6 is 15.9 Å². The first-order valence-corrected chi connectivity index (χ1v) is 18.2. The lowest BCUT2D eigenvalue weighted by Gasteiger charge is -2.43. The zero-order chi connectivity index (χ0) is 31.7. The number of methoxy groups -OCH3 is 1. The van der Waals surface area contributed by atoms with Gasteiger partial charge in [0.05, 0.1) is 23.6 Å². The molecular formula is C36H58BrN5O2. The molecule has 246 valence electrons. The van der Waals surface area contributed by atoms with Gasteiger partial charge in [-0.25, -0.2) is 0 Å². The highest BCUT2D eigenvalue weighted by Crippen LogP contribution is 2.44. The van der Waals surface area contributed by atoms with E-state index in [4.69, 9.17) is 24.4 Å². The minimum absolute atomic E-state index is 0.123. The molecule has 1 aromatic heterocycles. The van der Waals surface area contributed by atoms with Crippen LogP contribution in [0.15, 0.2) is 15.6 Å². The molecular weight excluding hydrogens is 614 g/mol. The van der Waals surface area contributed by atoms with Crippen molar-refractivity contribution in [2.24, 2.45) is 10.4 Å². The van der Waals surface area contributed by atoms with Gasteiger partial charge in [0, 0.05) is 66.9 Å². The van der Waals surface area contributed by atoms with Gasteiger partial charge in [-0.2, -0.15) is 9.97 Å². The van der Waals surface area contributed by atoms with Crippen molar-refractivity contribution < 1.29 is 9.47 Å². The number of hydrogen-bond donors (Lipinski definition) is 0. The van der Waals surface area contributed by atoms with E-state index in [1.165, 1.54) is 57.8 Å². The zero-order valence-electron chi connectivity index (χ0n) is 28.6. The van der Waals surface area contributed by atoms with Gasteiger partial charge in [-0.1, -0.05) is 65.9 Å². The Bertz CT molecular complexity index is 1170. The number of fused-ring (bicyclic) bond motifs is 3. The number of unbranched alkanes of at least 4 members (excludes halogenated alkanes) is 3. The summed E-state index contributed by atoms with van der Waals surface area (Å²) < 4.78 is 12.9. The molecule has 2 bridgehead atoms. The van der Waals surface area contributed by atoms with Crippen LogP contribution in [0.25, 0.3) is 11.6 Å². The zero-order valence-corrected chi connectivity index (χ0v) is 30.2. The molecule has 2 saturated heterocycles. The number of aromatic nitrogens is 2. The summed E-state index contributed by atoms with van der Waals surface area (Å²) in [5, 5.41) is 0. The van der Waals surface area contributed by atoms with Crippen LogP contribution < -0.4 is 9.64 Å². The number of nitrogens with zero attached hydrogens (tertiary/aromatic N) is 5. The highest BCUT2D eigenvalue weighted by Gasteiger charge is 2.43. The Morgan fingerprint density at radius 3 is 2.41 bits per heavy atom. The van der Waals surface area contributed by atoms with Crippen LogP contribution in [-0.4, -0.2) is 78.7 Å². The maximum Gasteiger partial charge on any atom is 0.318 e. The average Bonchev–Trinajstić information content (AvgIpc) is 3.28. The van der Waals surface area contributed by atoms with Crippen LogP contribution in [0.3, 0.4) is 0 Å². The highest BCUT2D eigenvalue weighted by atomic mass is 79.9. The normalized spacial score (nSPS) is 24.0. The second-order valence-corrected chi connectivity index (χ2v) is 14.4. The number of ether oxygens (including phenoxy) is 2. The van der Waals surface area contributed by atoms with Crippen molar-refractivity contribution in [3.05, 3.63) is 21.8 Å². The van der Waals surface area contributed by atoms with Gasteiger partial charge >= 0.3 is 6.01 Å². The number of aliphatic imine (C=N–C) groups is 1. The third-order valence-corrected chi connectivity index (χ3v) is 10.4. The maximum absolute atomic E-state index is 6.62. The molecule has 4 rings (SSSR count). The molecule has 3 aliphatic rings. The van der Waals surface area contributed by atoms with Gasteiger partial charge in [-0.3, -0.25) is 9.89 Å². The predicted molar refractivity (Wildman–Crippen MR) is 189 cm³/mol. The van der Waals surface area contributed by atoms with E-state index < -0.39 is 0 Å². The Kier molecular flexibility index (Phi) is 13.3. The Hall–Kier alpha value is -1.77. The summed E-state index contributed by atoms with van der Waals surface area (Å²) in [4.78, 5) is 20.8. The molecule has 2 aliphatic heterocycles. The third-order valence-electron chi connectivity index (χ3n) is 9.83. The topological polar surface area (TPSA) is 63.1 Å². The number of likely N-dealkylation sites (tertiary alicyclic amines) is 1. The van der Waals surface area contributed by atoms with E-state index in [1.54, 1.807) is 7.11 Å². The number of hydrogen-bond acceptors (Lipinski definition) is 7. The molecule has 4 atom stereocenters. The van der Waals surface area contributed by atoms with Crippen molar-refractivity contribution >= 4 is 39.1 Å². The number of allylic oxidation sites excluding steroid dienone is 3. The fourth-order valence-corrected chi connectivity index (χ4v) is 7.62. The van der Waals surface area contributed by atoms with Gasteiger partial charge in [0.25, 0.3) is 0 Å². The van der Waals surface area contributed by atoms with Crippen LogP contribution in [-0.2, 0) is 4.74 Å². The number of piperazine rings is 1. The molecule has 0 radical (unpaired) electrons. The molecule has 4 unspecified atom stereocenters. The first-order chi connectivity index (χ1) is 21.3. The fourth-order valence-electron chi connectivity index (χ4n) is 7.08. The second-order valence-electron chi connectivity index (χ2n) is 13.6. The van der Waals surface area contributed by atoms with Crippen molar-refractivity contribution in [3.63, 3.8) is 0 Å². The molecule has 7 nitrogen and oxygen atoms in total. The highest BCUT2D eigenvalue weighted by molar-refractivity contribution is 9.12. The van der Waals surface area contributed by atoms with Gasteiger partial charge in [-0.15, -0.1) is 0 Å². The summed E-state index contributed by atoms with van der Waals surface area (Å²) in [7, 11) is 1.79. The van der Waals surface area contributed by atoms with E-state index in [9.17, 15) is 0 Å². The minimum atomic E-state index is 0.123. The molecule has 1 aromatic rings. The van der Waals surface area contributed by atoms with Crippen LogP contribution in [0.1, 0.15) is 123 Å². The Balaban J connectivity index is 1.72. The lowest BCUT2D eigenvalue weighted by atomic mass is 9.81. The molecule has 0 N–H and O–H groups in total. The summed E-state index contributed by atoms with van der Waals surface area (Å²) in [5.74, 6) is 1.02. The summed E-state index contributed by atoms with van der Waals surface area (Å²) in [6, 6.07) is 1.59. The Labute approximate surface area is 276 Å². The smallest absolute Gasteiger partial charge is 0.318 e. The van der Waals surface area contributed by atoms with Crippen LogP contribution in [0.2, 0.25) is 0 Å². The molecule has 2 fully saturated rings. The summed E-state index contributed by atoms with van der Waals surface area (Å²) in [5.41, 5.74) is 4.27. The number of anilines is 1. The van der Waals surface area contributed by atoms with Gasteiger partial charge in [-0.05, 0) is 74.4 Å². The van der Waals surface area contributed by atoms with Crippen LogP contribution in [0, 0.1) is 5.41 Å². The predicted octanol–water partition coefficient (Wildman–Crippen LogP) is 8.71. The van der Waals surface area contributed by atoms with E-state index in [1.807, 2.05) is 0 Å². The van der Waals surface area contributed by atoms with E-state index in [2.05, 4.69) is 79.4 Å². The van der Waals surface area contributed by atoms with Gasteiger partial charge in [0.2, 0.25) is 0 Å². The Morgan fingerprint density at radius 1 is 1.07 bits per heavy atom. The van der Waals surface area contributed by atoms with Crippen molar-refractivity contribution in [2.75, 3.05) is 44.9 Å². The summed E-state index contributed by atoms with van der Waals surface area (Å²) in [6.45, 7) is 18.1. The molecule has 3 heterocycles. The second kappa shape index (κ2) is 16.7. The quantitative estimate of drug-likeness (QED) is 0.154. The van der Waals surface area contributed by atoms with Crippen molar-refractivity contribution in [1.29, 1.82) is 0 Å². The molecule has 44 heavy (non-hydrogen) atoms. The Morgan fingerprint density at radius 2 is 1.77 bits per heavy atom. The standard InChI is InChI=1S/C36H58BrN5O2/c1-8-12-14-19-36(6,18-13-9-2)25-44-35-39-31-22-30(37)33(38-26(5)10-3)29(11-4)32(31)34(40-35)42-27-16-17-28(42)24-41(23-27)20-15-21-43-7/h11,22,26-28H,8-10,12-21,23-25H2,1-7H3/b29-11-,38-33?. The first kappa shape index (κ1) is 35.1. The van der Waals surface area contributed by atoms with E-state index in [0.717, 1.165) is 71.9 Å². The van der Waals surface area contributed by atoms with Crippen LogP contribution in [0.4, 0.5) is 5.82 Å². The maximum atomic E-state index is 6.62. The molecule has 0 aromatic carbocycles. The molecule has 0 saturated carbocycles. The van der Waals surface area contributed by atoms with E-state index >= 15 is 0 Å².